The fourth-order valence-electron chi connectivity index (χ4n) is 1.08. The van der Waals surface area contributed by atoms with Gasteiger partial charge in [0.05, 0.1) is 6.10 Å². The second-order valence-corrected chi connectivity index (χ2v) is 3.32. The van der Waals surface area contributed by atoms with E-state index in [-0.39, 0.29) is 6.10 Å². The van der Waals surface area contributed by atoms with Crippen LogP contribution in [0.3, 0.4) is 0 Å². The van der Waals surface area contributed by atoms with Crippen molar-refractivity contribution in [2.45, 2.75) is 19.4 Å². The molecule has 0 radical (unpaired) electrons. The maximum atomic E-state index is 5.83. The first-order valence-electron chi connectivity index (χ1n) is 3.99. The summed E-state index contributed by atoms with van der Waals surface area (Å²) >= 11 is 5.83. The molecule has 1 atom stereocenters. The Labute approximate surface area is 78.3 Å². The van der Waals surface area contributed by atoms with E-state index in [1.807, 2.05) is 25.1 Å². The molecular weight excluding hydrogens is 172 g/mol. The van der Waals surface area contributed by atoms with E-state index >= 15 is 0 Å². The van der Waals surface area contributed by atoms with Gasteiger partial charge >= 0.3 is 0 Å². The normalized spacial score (nSPS) is 12.9. The van der Waals surface area contributed by atoms with Gasteiger partial charge in [-0.2, -0.15) is 0 Å². The highest BCUT2D eigenvalue weighted by Gasteiger charge is 2.01. The molecule has 1 aromatic carbocycles. The molecule has 0 aliphatic rings. The number of hydrogen-bond donors (Lipinski definition) is 0. The molecule has 12 heavy (non-hydrogen) atoms. The van der Waals surface area contributed by atoms with Crippen molar-refractivity contribution in [3.05, 3.63) is 34.9 Å². The van der Waals surface area contributed by atoms with E-state index in [0.29, 0.717) is 0 Å². The lowest BCUT2D eigenvalue weighted by atomic mass is 10.1. The van der Waals surface area contributed by atoms with E-state index in [4.69, 9.17) is 16.3 Å². The van der Waals surface area contributed by atoms with Gasteiger partial charge in [-0.15, -0.1) is 0 Å². The van der Waals surface area contributed by atoms with Crippen LogP contribution in [-0.4, -0.2) is 13.2 Å². The Balaban J connectivity index is 2.63. The van der Waals surface area contributed by atoms with Crippen molar-refractivity contribution in [3.8, 4) is 0 Å². The van der Waals surface area contributed by atoms with Gasteiger partial charge < -0.3 is 4.74 Å². The Morgan fingerprint density at radius 2 is 2.25 bits per heavy atom. The summed E-state index contributed by atoms with van der Waals surface area (Å²) in [5.74, 6) is 0. The van der Waals surface area contributed by atoms with Gasteiger partial charge in [0.1, 0.15) is 0 Å². The van der Waals surface area contributed by atoms with Crippen LogP contribution in [0.1, 0.15) is 12.5 Å². The van der Waals surface area contributed by atoms with Crippen molar-refractivity contribution in [2.24, 2.45) is 0 Å². The van der Waals surface area contributed by atoms with Crippen molar-refractivity contribution in [2.75, 3.05) is 7.11 Å². The van der Waals surface area contributed by atoms with Gasteiger partial charge in [-0.25, -0.2) is 0 Å². The quantitative estimate of drug-likeness (QED) is 0.702. The van der Waals surface area contributed by atoms with E-state index in [2.05, 4.69) is 6.07 Å². The smallest absolute Gasteiger partial charge is 0.0583 e. The zero-order valence-corrected chi connectivity index (χ0v) is 8.14. The standard InChI is InChI=1S/C10H13ClO/c1-8(12-2)6-9-4-3-5-10(11)7-9/h3-5,7-8H,6H2,1-2H3/t8-/m1/s1. The third-order valence-electron chi connectivity index (χ3n) is 1.81. The molecule has 66 valence electrons. The molecule has 0 fully saturated rings. The van der Waals surface area contributed by atoms with Crippen LogP contribution in [-0.2, 0) is 11.2 Å². The van der Waals surface area contributed by atoms with Crippen LogP contribution in [0, 0.1) is 0 Å². The summed E-state index contributed by atoms with van der Waals surface area (Å²) in [6, 6.07) is 7.86. The summed E-state index contributed by atoms with van der Waals surface area (Å²) in [7, 11) is 1.72. The first kappa shape index (κ1) is 9.56. The van der Waals surface area contributed by atoms with Crippen LogP contribution in [0.15, 0.2) is 24.3 Å². The minimum atomic E-state index is 0.253. The lowest BCUT2D eigenvalue weighted by Crippen LogP contribution is -2.08. The number of ether oxygens (including phenoxy) is 1. The molecule has 0 unspecified atom stereocenters. The molecule has 0 aromatic heterocycles. The van der Waals surface area contributed by atoms with Crippen molar-refractivity contribution in [3.63, 3.8) is 0 Å². The zero-order valence-electron chi connectivity index (χ0n) is 7.38. The lowest BCUT2D eigenvalue weighted by Gasteiger charge is -2.08. The maximum Gasteiger partial charge on any atom is 0.0583 e. The summed E-state index contributed by atoms with van der Waals surface area (Å²) < 4.78 is 5.15. The molecule has 0 spiro atoms. The summed E-state index contributed by atoms with van der Waals surface area (Å²) in [5.41, 5.74) is 1.22. The first-order chi connectivity index (χ1) is 5.72. The average molecular weight is 185 g/mol. The highest BCUT2D eigenvalue weighted by atomic mass is 35.5. The molecule has 2 heteroatoms. The molecule has 0 aliphatic carbocycles. The Hall–Kier alpha value is -0.530. The van der Waals surface area contributed by atoms with Crippen LogP contribution >= 0.6 is 11.6 Å². The van der Waals surface area contributed by atoms with Crippen LogP contribution in [0.2, 0.25) is 5.02 Å². The number of methoxy groups -OCH3 is 1. The fraction of sp³-hybridized carbons (Fsp3) is 0.400. The second-order valence-electron chi connectivity index (χ2n) is 2.88. The Bertz CT molecular complexity index is 247. The first-order valence-corrected chi connectivity index (χ1v) is 4.37. The molecule has 0 heterocycles. The Morgan fingerprint density at radius 1 is 1.50 bits per heavy atom. The van der Waals surface area contributed by atoms with Crippen LogP contribution < -0.4 is 0 Å². The molecular formula is C10H13ClO. The van der Waals surface area contributed by atoms with Crippen LogP contribution in [0.4, 0.5) is 0 Å². The summed E-state index contributed by atoms with van der Waals surface area (Å²) in [5, 5.41) is 0.788. The highest BCUT2D eigenvalue weighted by Crippen LogP contribution is 2.12. The topological polar surface area (TPSA) is 9.23 Å². The SMILES string of the molecule is CO[C@H](C)Cc1cccc(Cl)c1. The van der Waals surface area contributed by atoms with Crippen molar-refractivity contribution < 1.29 is 4.74 Å². The highest BCUT2D eigenvalue weighted by molar-refractivity contribution is 6.30. The predicted octanol–water partition coefficient (Wildman–Crippen LogP) is 2.92. The molecule has 0 bridgehead atoms. The minimum absolute atomic E-state index is 0.253. The molecule has 0 saturated carbocycles. The number of rotatable bonds is 3. The molecule has 1 nitrogen and oxygen atoms in total. The minimum Gasteiger partial charge on any atom is -0.381 e. The molecule has 0 aliphatic heterocycles. The monoisotopic (exact) mass is 184 g/mol. The molecule has 1 aromatic rings. The third kappa shape index (κ3) is 2.84. The van der Waals surface area contributed by atoms with Crippen LogP contribution in [0.5, 0.6) is 0 Å². The summed E-state index contributed by atoms with van der Waals surface area (Å²) in [6.07, 6.45) is 1.17. The molecule has 0 amide bonds. The van der Waals surface area contributed by atoms with Crippen molar-refractivity contribution in [1.82, 2.24) is 0 Å². The van der Waals surface area contributed by atoms with Gasteiger partial charge in [-0.1, -0.05) is 23.7 Å². The molecule has 0 saturated heterocycles. The van der Waals surface area contributed by atoms with E-state index in [1.54, 1.807) is 7.11 Å². The average Bonchev–Trinajstić information content (AvgIpc) is 2.04. The third-order valence-corrected chi connectivity index (χ3v) is 2.05. The van der Waals surface area contributed by atoms with Gasteiger partial charge in [0.15, 0.2) is 0 Å². The zero-order chi connectivity index (χ0) is 8.97. The van der Waals surface area contributed by atoms with Gasteiger partial charge in [0, 0.05) is 12.1 Å². The number of benzene rings is 1. The summed E-state index contributed by atoms with van der Waals surface area (Å²) in [6.45, 7) is 2.04. The Morgan fingerprint density at radius 3 is 2.83 bits per heavy atom. The summed E-state index contributed by atoms with van der Waals surface area (Å²) in [4.78, 5) is 0. The fourth-order valence-corrected chi connectivity index (χ4v) is 1.29. The second kappa shape index (κ2) is 4.48. The Kier molecular flexibility index (Phi) is 3.57. The van der Waals surface area contributed by atoms with Gasteiger partial charge in [0.25, 0.3) is 0 Å². The number of halogens is 1. The maximum absolute atomic E-state index is 5.83. The van der Waals surface area contributed by atoms with Gasteiger partial charge in [0.2, 0.25) is 0 Å². The van der Waals surface area contributed by atoms with Gasteiger partial charge in [-0.3, -0.25) is 0 Å². The van der Waals surface area contributed by atoms with E-state index in [0.717, 1.165) is 11.4 Å². The van der Waals surface area contributed by atoms with Crippen molar-refractivity contribution >= 4 is 11.6 Å². The van der Waals surface area contributed by atoms with Gasteiger partial charge in [-0.05, 0) is 31.0 Å². The largest absolute Gasteiger partial charge is 0.381 e. The van der Waals surface area contributed by atoms with Crippen molar-refractivity contribution in [1.29, 1.82) is 0 Å². The molecule has 0 N–H and O–H groups in total. The van der Waals surface area contributed by atoms with E-state index in [9.17, 15) is 0 Å². The van der Waals surface area contributed by atoms with Crippen LogP contribution in [0.25, 0.3) is 0 Å². The van der Waals surface area contributed by atoms with E-state index < -0.39 is 0 Å². The lowest BCUT2D eigenvalue weighted by molar-refractivity contribution is 0.119. The number of hydrogen-bond acceptors (Lipinski definition) is 1. The molecule has 1 rings (SSSR count). The predicted molar refractivity (Wildman–Crippen MR) is 51.6 cm³/mol. The van der Waals surface area contributed by atoms with E-state index in [1.165, 1.54) is 5.56 Å².